The quantitative estimate of drug-likeness (QED) is 0.117. The van der Waals surface area contributed by atoms with Crippen LogP contribution in [0.1, 0.15) is 81.5 Å². The molecule has 4 aromatic heterocycles. The molecule has 6 atom stereocenters. The molecule has 4 aliphatic heterocycles. The lowest BCUT2D eigenvalue weighted by Gasteiger charge is -2.19. The summed E-state index contributed by atoms with van der Waals surface area (Å²) in [5.74, 6) is 5.74. The van der Waals surface area contributed by atoms with Gasteiger partial charge in [0.25, 0.3) is 0 Å². The number of imidazole rings is 2. The van der Waals surface area contributed by atoms with Crippen LogP contribution in [0.15, 0.2) is 85.2 Å². The molecule has 0 bridgehead atoms. The molecule has 14 rings (SSSR count). The van der Waals surface area contributed by atoms with E-state index in [9.17, 15) is 35.9 Å². The summed E-state index contributed by atoms with van der Waals surface area (Å²) in [6.45, 7) is 0. The number of alkyl halides is 6. The molecule has 0 spiro atoms. The molecule has 2 saturated carbocycles. The summed E-state index contributed by atoms with van der Waals surface area (Å²) in [6.07, 6.45) is -4.43. The van der Waals surface area contributed by atoms with Gasteiger partial charge in [-0.25, -0.2) is 19.9 Å². The highest BCUT2D eigenvalue weighted by molar-refractivity contribution is 6.32. The Labute approximate surface area is 411 Å². The normalized spacial score (nSPS) is 21.9. The summed E-state index contributed by atoms with van der Waals surface area (Å²) < 4.78 is 104. The maximum atomic E-state index is 13.2. The Kier molecular flexibility index (Phi) is 9.84. The second kappa shape index (κ2) is 16.0. The van der Waals surface area contributed by atoms with Gasteiger partial charge in [-0.15, -0.1) is 0 Å². The smallest absolute Gasteiger partial charge is 0.417 e. The van der Waals surface area contributed by atoms with Crippen molar-refractivity contribution in [1.82, 2.24) is 29.9 Å². The highest BCUT2D eigenvalue weighted by atomic mass is 35.5. The van der Waals surface area contributed by atoms with E-state index in [0.717, 1.165) is 45.9 Å². The van der Waals surface area contributed by atoms with Crippen LogP contribution in [0, 0.1) is 0 Å². The van der Waals surface area contributed by atoms with Crippen molar-refractivity contribution in [3.05, 3.63) is 140 Å². The highest BCUT2D eigenvalue weighted by Gasteiger charge is 2.62. The van der Waals surface area contributed by atoms with E-state index in [-0.39, 0.29) is 68.8 Å². The summed E-state index contributed by atoms with van der Waals surface area (Å²) in [5.41, 5.74) is 3.09. The largest absolute Gasteiger partial charge is 0.489 e. The monoisotopic (exact) mass is 1020 g/mol. The van der Waals surface area contributed by atoms with E-state index in [1.165, 1.54) is 12.1 Å². The molecule has 0 radical (unpaired) electrons. The number of halogens is 8. The first-order valence-corrected chi connectivity index (χ1v) is 23.3. The number of carbonyl (C=O) groups is 2. The van der Waals surface area contributed by atoms with Crippen LogP contribution in [0.4, 0.5) is 38.0 Å². The molecule has 22 heteroatoms. The van der Waals surface area contributed by atoms with Crippen molar-refractivity contribution in [2.24, 2.45) is 0 Å². The zero-order chi connectivity index (χ0) is 49.5. The van der Waals surface area contributed by atoms with Gasteiger partial charge < -0.3 is 39.5 Å². The molecule has 2 fully saturated rings. The Morgan fingerprint density at radius 3 is 1.40 bits per heavy atom. The fourth-order valence-corrected chi connectivity index (χ4v) is 10.8. The van der Waals surface area contributed by atoms with Crippen LogP contribution < -0.4 is 29.6 Å². The lowest BCUT2D eigenvalue weighted by molar-refractivity contribution is -0.138. The Balaban J connectivity index is 0.000000140. The van der Waals surface area contributed by atoms with Gasteiger partial charge in [0.05, 0.1) is 55.1 Å². The van der Waals surface area contributed by atoms with Crippen molar-refractivity contribution in [2.75, 3.05) is 10.6 Å². The first-order valence-electron chi connectivity index (χ1n) is 22.6. The molecule has 364 valence electrons. The number of fused-ring (bicyclic) bond motifs is 10. The third-order valence-corrected chi connectivity index (χ3v) is 14.4. The second-order valence-electron chi connectivity index (χ2n) is 18.2. The van der Waals surface area contributed by atoms with Crippen LogP contribution in [0.3, 0.4) is 0 Å². The number of amides is 2. The highest BCUT2D eigenvalue weighted by Crippen LogP contribution is 2.64. The molecule has 8 heterocycles. The third kappa shape index (κ3) is 7.57. The number of aromatic amines is 2. The van der Waals surface area contributed by atoms with Crippen LogP contribution in [-0.2, 0) is 34.8 Å². The SMILES string of the molecule is O=C1CCc2c(Oc3ccc4c(c3)[C@@H]3[C@H](O4)[C@H]3c3nc4cc(Cl)c(C(F)(F)F)cc4[nH]3)ccnc2N1.O=C1CCc2c(Oc3ccc4c(c3)[C@H]3[C@@H](O4)[C@@H]3c3nc4cc(Cl)c(C(F)(F)F)cc4[nH]3)ccnc2N1. The second-order valence-corrected chi connectivity index (χ2v) is 19.0. The van der Waals surface area contributed by atoms with Crippen LogP contribution >= 0.6 is 23.2 Å². The van der Waals surface area contributed by atoms with Gasteiger partial charge in [-0.2, -0.15) is 26.3 Å². The molecule has 8 aromatic rings. The van der Waals surface area contributed by atoms with Crippen molar-refractivity contribution in [1.29, 1.82) is 0 Å². The fourth-order valence-electron chi connectivity index (χ4n) is 10.3. The number of hydrogen-bond donors (Lipinski definition) is 4. The minimum Gasteiger partial charge on any atom is -0.489 e. The van der Waals surface area contributed by atoms with E-state index in [2.05, 4.69) is 40.5 Å². The van der Waals surface area contributed by atoms with Crippen LogP contribution in [0.2, 0.25) is 10.0 Å². The summed E-state index contributed by atoms with van der Waals surface area (Å²) in [4.78, 5) is 46.8. The minimum absolute atomic E-state index is 0.00677. The lowest BCUT2D eigenvalue weighted by Crippen LogP contribution is -2.20. The number of aromatic nitrogens is 6. The van der Waals surface area contributed by atoms with Crippen LogP contribution in [0.25, 0.3) is 22.1 Å². The van der Waals surface area contributed by atoms with E-state index in [4.69, 9.17) is 42.1 Å². The number of pyridine rings is 2. The maximum Gasteiger partial charge on any atom is 0.417 e. The van der Waals surface area contributed by atoms with Gasteiger partial charge >= 0.3 is 12.4 Å². The Bertz CT molecular complexity index is 3410. The van der Waals surface area contributed by atoms with Crippen molar-refractivity contribution in [3.63, 3.8) is 0 Å². The summed E-state index contributed by atoms with van der Waals surface area (Å²) in [6, 6.07) is 19.1. The maximum absolute atomic E-state index is 13.2. The first kappa shape index (κ1) is 44.4. The topological polar surface area (TPSA) is 178 Å². The molecule has 6 aliphatic rings. The van der Waals surface area contributed by atoms with Crippen molar-refractivity contribution >= 4 is 68.7 Å². The third-order valence-electron chi connectivity index (χ3n) is 13.7. The van der Waals surface area contributed by atoms with E-state index in [1.807, 2.05) is 36.4 Å². The van der Waals surface area contributed by atoms with E-state index < -0.39 is 23.5 Å². The molecule has 72 heavy (non-hydrogen) atoms. The molecule has 2 amide bonds. The Hall–Kier alpha value is -7.58. The van der Waals surface area contributed by atoms with Gasteiger partial charge in [0.15, 0.2) is 0 Å². The Morgan fingerprint density at radius 2 is 0.986 bits per heavy atom. The zero-order valence-electron chi connectivity index (χ0n) is 36.6. The molecule has 14 nitrogen and oxygen atoms in total. The number of hydrogen-bond acceptors (Lipinski definition) is 10. The van der Waals surface area contributed by atoms with E-state index >= 15 is 0 Å². The molecule has 0 saturated heterocycles. The lowest BCUT2D eigenvalue weighted by atomic mass is 10.1. The number of carbonyl (C=O) groups excluding carboxylic acids is 2. The number of anilines is 2. The average Bonchev–Trinajstić information content (AvgIpc) is 3.86. The number of ether oxygens (including phenoxy) is 4. The molecular formula is C50H32Cl2F6N8O6. The molecule has 0 unspecified atom stereocenters. The van der Waals surface area contributed by atoms with Crippen molar-refractivity contribution in [3.8, 4) is 34.5 Å². The average molecular weight is 1030 g/mol. The first-order chi connectivity index (χ1) is 34.5. The standard InChI is InChI=1S/2C25H16ClF3N4O3/c2*26-14-9-16-15(8-13(14)25(27,28)29)31-24(32-16)21-20-12-7-10(1-3-17(12)36-22(20)21)35-18-5-6-30-23-11(18)2-4-19(34)33-23/h2*1,3,5-9,20-22H,2,4H2,(H,31,32)(H,30,33,34)/t2*20-,21-,22-/m10/s1. The van der Waals surface area contributed by atoms with Gasteiger partial charge in [0.2, 0.25) is 11.8 Å². The van der Waals surface area contributed by atoms with Crippen molar-refractivity contribution < 1.29 is 54.9 Å². The van der Waals surface area contributed by atoms with Crippen LogP contribution in [-0.4, -0.2) is 53.9 Å². The summed E-state index contributed by atoms with van der Waals surface area (Å²) in [5, 5.41) is 4.75. The summed E-state index contributed by atoms with van der Waals surface area (Å²) in [7, 11) is 0. The van der Waals surface area contributed by atoms with Gasteiger partial charge in [-0.3, -0.25) is 9.59 Å². The Morgan fingerprint density at radius 1 is 0.556 bits per heavy atom. The number of nitrogens with zero attached hydrogens (tertiary/aromatic N) is 4. The predicted octanol–water partition coefficient (Wildman–Crippen LogP) is 11.9. The molecular weight excluding hydrogens is 993 g/mol. The fraction of sp³-hybridized carbons (Fsp3) is 0.240. The molecule has 2 aliphatic carbocycles. The van der Waals surface area contributed by atoms with Crippen molar-refractivity contribution in [2.45, 2.75) is 73.9 Å². The number of H-pyrrole nitrogens is 2. The summed E-state index contributed by atoms with van der Waals surface area (Å²) >= 11 is 11.7. The van der Waals surface area contributed by atoms with Gasteiger partial charge in [0.1, 0.15) is 70.0 Å². The predicted molar refractivity (Wildman–Crippen MR) is 247 cm³/mol. The van der Waals surface area contributed by atoms with Gasteiger partial charge in [0, 0.05) is 59.3 Å². The van der Waals surface area contributed by atoms with E-state index in [0.29, 0.717) is 83.0 Å². The number of benzene rings is 4. The van der Waals surface area contributed by atoms with E-state index in [1.54, 1.807) is 24.5 Å². The van der Waals surface area contributed by atoms with Gasteiger partial charge in [-0.1, -0.05) is 23.2 Å². The molecule has 4 N–H and O–H groups in total. The van der Waals surface area contributed by atoms with Gasteiger partial charge in [-0.05, 0) is 85.6 Å². The van der Waals surface area contributed by atoms with Crippen LogP contribution in [0.5, 0.6) is 34.5 Å². The zero-order valence-corrected chi connectivity index (χ0v) is 38.1. The molecule has 4 aromatic carbocycles. The minimum atomic E-state index is -4.55. The number of nitrogens with one attached hydrogen (secondary N) is 4. The number of rotatable bonds is 6.